The van der Waals surface area contributed by atoms with Gasteiger partial charge in [0.05, 0.1) is 24.9 Å². The lowest BCUT2D eigenvalue weighted by atomic mass is 10.3. The van der Waals surface area contributed by atoms with E-state index in [-0.39, 0.29) is 30.3 Å². The van der Waals surface area contributed by atoms with Gasteiger partial charge in [-0.15, -0.1) is 5.10 Å². The fourth-order valence-electron chi connectivity index (χ4n) is 2.90. The SMILES string of the molecule is COC(=O)CCC(=O)N1CCCN1C(=O)c1nn(-c2ccccc2)nc1C. The molecule has 27 heavy (non-hydrogen) atoms. The van der Waals surface area contributed by atoms with Crippen molar-refractivity contribution in [1.29, 1.82) is 0 Å². The van der Waals surface area contributed by atoms with Crippen molar-refractivity contribution in [1.82, 2.24) is 25.0 Å². The standard InChI is InChI=1S/C18H21N5O4/c1-13-17(20-23(19-13)14-7-4-3-5-8-14)18(26)22-12-6-11-21(22)15(24)9-10-16(25)27-2/h3-5,7-8H,6,9-12H2,1-2H3. The first-order valence-electron chi connectivity index (χ1n) is 8.69. The number of methoxy groups -OCH3 is 1. The quantitative estimate of drug-likeness (QED) is 0.731. The lowest BCUT2D eigenvalue weighted by Gasteiger charge is -2.27. The summed E-state index contributed by atoms with van der Waals surface area (Å²) >= 11 is 0. The lowest BCUT2D eigenvalue weighted by Crippen LogP contribution is -2.45. The summed E-state index contributed by atoms with van der Waals surface area (Å²) in [5, 5.41) is 11.4. The maximum Gasteiger partial charge on any atom is 0.306 e. The van der Waals surface area contributed by atoms with Crippen LogP contribution in [0.3, 0.4) is 0 Å². The highest BCUT2D eigenvalue weighted by atomic mass is 16.5. The zero-order chi connectivity index (χ0) is 19.4. The van der Waals surface area contributed by atoms with Gasteiger partial charge in [-0.05, 0) is 25.5 Å². The van der Waals surface area contributed by atoms with Crippen LogP contribution in [0.1, 0.15) is 35.4 Å². The van der Waals surface area contributed by atoms with Crippen molar-refractivity contribution in [2.24, 2.45) is 0 Å². The van der Waals surface area contributed by atoms with Gasteiger partial charge in [-0.2, -0.15) is 9.90 Å². The molecule has 1 aromatic heterocycles. The molecule has 1 aliphatic rings. The minimum atomic E-state index is -0.456. The molecule has 3 rings (SSSR count). The Morgan fingerprint density at radius 2 is 1.74 bits per heavy atom. The number of ether oxygens (including phenoxy) is 1. The molecule has 0 N–H and O–H groups in total. The molecule has 1 saturated heterocycles. The van der Waals surface area contributed by atoms with Crippen molar-refractivity contribution in [3.63, 3.8) is 0 Å². The third-order valence-electron chi connectivity index (χ3n) is 4.30. The topological polar surface area (TPSA) is 97.6 Å². The smallest absolute Gasteiger partial charge is 0.306 e. The average Bonchev–Trinajstić information content (AvgIpc) is 3.33. The van der Waals surface area contributed by atoms with Gasteiger partial charge in [-0.25, -0.2) is 5.01 Å². The Labute approximate surface area is 156 Å². The van der Waals surface area contributed by atoms with E-state index in [9.17, 15) is 14.4 Å². The van der Waals surface area contributed by atoms with Gasteiger partial charge in [0, 0.05) is 19.5 Å². The van der Waals surface area contributed by atoms with E-state index in [0.29, 0.717) is 25.2 Å². The Morgan fingerprint density at radius 1 is 1.04 bits per heavy atom. The molecule has 2 aromatic rings. The molecular formula is C18H21N5O4. The summed E-state index contributed by atoms with van der Waals surface area (Å²) < 4.78 is 4.56. The zero-order valence-corrected chi connectivity index (χ0v) is 15.3. The highest BCUT2D eigenvalue weighted by Crippen LogP contribution is 2.18. The summed E-state index contributed by atoms with van der Waals surface area (Å²) in [7, 11) is 1.28. The molecule has 0 spiro atoms. The second kappa shape index (κ2) is 7.98. The summed E-state index contributed by atoms with van der Waals surface area (Å²) in [6.07, 6.45) is 0.644. The predicted molar refractivity (Wildman–Crippen MR) is 94.7 cm³/mol. The predicted octanol–water partition coefficient (Wildman–Crippen LogP) is 1.12. The third-order valence-corrected chi connectivity index (χ3v) is 4.30. The molecule has 0 bridgehead atoms. The van der Waals surface area contributed by atoms with E-state index < -0.39 is 5.97 Å². The van der Waals surface area contributed by atoms with E-state index in [0.717, 1.165) is 5.69 Å². The number of carbonyl (C=O) groups excluding carboxylic acids is 3. The van der Waals surface area contributed by atoms with E-state index in [2.05, 4.69) is 14.9 Å². The first kappa shape index (κ1) is 18.6. The maximum atomic E-state index is 12.9. The van der Waals surface area contributed by atoms with Gasteiger partial charge in [-0.1, -0.05) is 18.2 Å². The van der Waals surface area contributed by atoms with Gasteiger partial charge in [0.1, 0.15) is 0 Å². The Morgan fingerprint density at radius 3 is 2.44 bits per heavy atom. The molecular weight excluding hydrogens is 350 g/mol. The fraction of sp³-hybridized carbons (Fsp3) is 0.389. The van der Waals surface area contributed by atoms with Crippen LogP contribution in [0.5, 0.6) is 0 Å². The molecule has 0 atom stereocenters. The van der Waals surface area contributed by atoms with Crippen molar-refractivity contribution >= 4 is 17.8 Å². The van der Waals surface area contributed by atoms with E-state index in [4.69, 9.17) is 0 Å². The van der Waals surface area contributed by atoms with Gasteiger partial charge >= 0.3 is 5.97 Å². The van der Waals surface area contributed by atoms with E-state index in [1.807, 2.05) is 30.3 Å². The first-order valence-corrected chi connectivity index (χ1v) is 8.69. The van der Waals surface area contributed by atoms with Crippen LogP contribution in [0.15, 0.2) is 30.3 Å². The number of rotatable bonds is 5. The van der Waals surface area contributed by atoms with Crippen LogP contribution in [0.25, 0.3) is 5.69 Å². The number of hydrazine groups is 1. The van der Waals surface area contributed by atoms with Crippen LogP contribution in [-0.2, 0) is 14.3 Å². The number of hydrogen-bond donors (Lipinski definition) is 0. The Balaban J connectivity index is 1.76. The monoisotopic (exact) mass is 371 g/mol. The number of para-hydroxylation sites is 1. The number of amides is 2. The number of carbonyl (C=O) groups is 3. The van der Waals surface area contributed by atoms with Crippen LogP contribution >= 0.6 is 0 Å². The van der Waals surface area contributed by atoms with Crippen LogP contribution in [-0.4, -0.2) is 63.0 Å². The minimum absolute atomic E-state index is 0.00780. The number of nitrogens with zero attached hydrogens (tertiary/aromatic N) is 5. The van der Waals surface area contributed by atoms with Gasteiger partial charge in [0.25, 0.3) is 5.91 Å². The van der Waals surface area contributed by atoms with Crippen LogP contribution in [0.4, 0.5) is 0 Å². The second-order valence-corrected chi connectivity index (χ2v) is 6.13. The van der Waals surface area contributed by atoms with E-state index in [1.54, 1.807) is 6.92 Å². The van der Waals surface area contributed by atoms with Crippen LogP contribution in [0.2, 0.25) is 0 Å². The minimum Gasteiger partial charge on any atom is -0.469 e. The highest BCUT2D eigenvalue weighted by molar-refractivity contribution is 5.95. The van der Waals surface area contributed by atoms with E-state index in [1.165, 1.54) is 21.9 Å². The highest BCUT2D eigenvalue weighted by Gasteiger charge is 2.33. The van der Waals surface area contributed by atoms with Gasteiger partial charge in [-0.3, -0.25) is 19.4 Å². The van der Waals surface area contributed by atoms with Gasteiger partial charge in [0.15, 0.2) is 5.69 Å². The molecule has 1 aromatic carbocycles. The molecule has 1 aliphatic heterocycles. The van der Waals surface area contributed by atoms with Crippen LogP contribution < -0.4 is 0 Å². The molecule has 142 valence electrons. The second-order valence-electron chi connectivity index (χ2n) is 6.13. The molecule has 0 radical (unpaired) electrons. The normalized spacial score (nSPS) is 13.7. The third kappa shape index (κ3) is 3.97. The zero-order valence-electron chi connectivity index (χ0n) is 15.3. The maximum absolute atomic E-state index is 12.9. The lowest BCUT2D eigenvalue weighted by molar-refractivity contribution is -0.146. The molecule has 2 amide bonds. The van der Waals surface area contributed by atoms with Crippen molar-refractivity contribution in [2.45, 2.75) is 26.2 Å². The van der Waals surface area contributed by atoms with Crippen LogP contribution in [0, 0.1) is 6.92 Å². The number of hydrogen-bond acceptors (Lipinski definition) is 6. The first-order chi connectivity index (χ1) is 13.0. The molecule has 0 saturated carbocycles. The summed E-state index contributed by atoms with van der Waals surface area (Å²) in [6, 6.07) is 9.28. The van der Waals surface area contributed by atoms with E-state index >= 15 is 0 Å². The molecule has 0 unspecified atom stereocenters. The Kier molecular flexibility index (Phi) is 5.49. The average molecular weight is 371 g/mol. The number of esters is 1. The molecule has 9 nitrogen and oxygen atoms in total. The van der Waals surface area contributed by atoms with Gasteiger partial charge < -0.3 is 4.74 Å². The summed E-state index contributed by atoms with van der Waals surface area (Å²) in [5.74, 6) is -1.12. The molecule has 1 fully saturated rings. The summed E-state index contributed by atoms with van der Waals surface area (Å²) in [5.41, 5.74) is 1.43. The van der Waals surface area contributed by atoms with Crippen molar-refractivity contribution in [3.05, 3.63) is 41.7 Å². The van der Waals surface area contributed by atoms with Crippen molar-refractivity contribution < 1.29 is 19.1 Å². The van der Waals surface area contributed by atoms with Gasteiger partial charge in [0.2, 0.25) is 5.91 Å². The number of aryl methyl sites for hydroxylation is 1. The molecule has 2 heterocycles. The molecule has 9 heteroatoms. The largest absolute Gasteiger partial charge is 0.469 e. The Bertz CT molecular complexity index is 849. The van der Waals surface area contributed by atoms with Crippen molar-refractivity contribution in [2.75, 3.05) is 20.2 Å². The fourth-order valence-corrected chi connectivity index (χ4v) is 2.90. The molecule has 0 aliphatic carbocycles. The number of aromatic nitrogens is 3. The Hall–Kier alpha value is -3.23. The summed E-state index contributed by atoms with van der Waals surface area (Å²) in [4.78, 5) is 38.0. The van der Waals surface area contributed by atoms with Crippen molar-refractivity contribution in [3.8, 4) is 5.69 Å². The summed E-state index contributed by atoms with van der Waals surface area (Å²) in [6.45, 7) is 2.55. The number of benzene rings is 1.